The number of methoxy groups -OCH3 is 1. The van der Waals surface area contributed by atoms with Gasteiger partial charge in [0.2, 0.25) is 5.91 Å². The Morgan fingerprint density at radius 2 is 1.95 bits per heavy atom. The molecule has 0 aromatic heterocycles. The minimum atomic E-state index is -0.468. The fraction of sp³-hybridized carbons (Fsp3) is 0.467. The predicted octanol–water partition coefficient (Wildman–Crippen LogP) is 2.07. The highest BCUT2D eigenvalue weighted by Crippen LogP contribution is 2.30. The van der Waals surface area contributed by atoms with Gasteiger partial charge in [-0.15, -0.1) is 0 Å². The minimum Gasteiger partial charge on any atom is -0.465 e. The summed E-state index contributed by atoms with van der Waals surface area (Å²) in [5, 5.41) is 2.76. The number of esters is 1. The predicted molar refractivity (Wildman–Crippen MR) is 76.4 cm³/mol. The van der Waals surface area contributed by atoms with E-state index in [0.29, 0.717) is 11.3 Å². The van der Waals surface area contributed by atoms with E-state index in [0.717, 1.165) is 25.7 Å². The second kappa shape index (κ2) is 6.05. The number of carbonyl (C=O) groups is 2. The van der Waals surface area contributed by atoms with Crippen LogP contribution in [0.25, 0.3) is 0 Å². The third-order valence-corrected chi connectivity index (χ3v) is 3.72. The number of nitrogens with two attached hydrogens (primary N) is 1. The van der Waals surface area contributed by atoms with E-state index in [1.807, 2.05) is 0 Å². The van der Waals surface area contributed by atoms with Crippen molar-refractivity contribution in [1.82, 2.24) is 0 Å². The van der Waals surface area contributed by atoms with Crippen LogP contribution in [0.15, 0.2) is 24.3 Å². The van der Waals surface area contributed by atoms with Crippen LogP contribution in [0.4, 0.5) is 5.69 Å². The summed E-state index contributed by atoms with van der Waals surface area (Å²) in [7, 11) is 1.31. The Morgan fingerprint density at radius 1 is 1.30 bits per heavy atom. The van der Waals surface area contributed by atoms with Crippen LogP contribution in [-0.4, -0.2) is 24.5 Å². The van der Waals surface area contributed by atoms with E-state index >= 15 is 0 Å². The molecule has 2 rings (SSSR count). The Morgan fingerprint density at radius 3 is 2.60 bits per heavy atom. The number of nitrogens with one attached hydrogen (secondary N) is 1. The molecule has 0 radical (unpaired) electrons. The van der Waals surface area contributed by atoms with Crippen LogP contribution in [-0.2, 0) is 9.53 Å². The Labute approximate surface area is 118 Å². The van der Waals surface area contributed by atoms with E-state index in [4.69, 9.17) is 10.5 Å². The molecule has 0 atom stereocenters. The quantitative estimate of drug-likeness (QED) is 0.825. The Bertz CT molecular complexity index is 508. The van der Waals surface area contributed by atoms with Crippen molar-refractivity contribution in [3.8, 4) is 0 Å². The summed E-state index contributed by atoms with van der Waals surface area (Å²) in [6, 6.07) is 6.79. The SMILES string of the molecule is COC(=O)c1ccccc1NC(=O)CC1(N)CCCC1. The standard InChI is InChI=1S/C15H20N2O3/c1-20-14(19)11-6-2-3-7-12(11)17-13(18)10-15(16)8-4-5-9-15/h2-3,6-7H,4-5,8-10,16H2,1H3,(H,17,18). The molecule has 108 valence electrons. The molecular weight excluding hydrogens is 256 g/mol. The molecule has 1 amide bonds. The van der Waals surface area contributed by atoms with Crippen LogP contribution in [0.2, 0.25) is 0 Å². The summed E-state index contributed by atoms with van der Waals surface area (Å²) in [6.45, 7) is 0. The maximum absolute atomic E-state index is 12.1. The first-order valence-electron chi connectivity index (χ1n) is 6.80. The molecule has 0 heterocycles. The molecule has 0 bridgehead atoms. The first-order valence-corrected chi connectivity index (χ1v) is 6.80. The lowest BCUT2D eigenvalue weighted by atomic mass is 9.94. The smallest absolute Gasteiger partial charge is 0.339 e. The van der Waals surface area contributed by atoms with E-state index in [-0.39, 0.29) is 12.3 Å². The summed E-state index contributed by atoms with van der Waals surface area (Å²) in [5.41, 5.74) is 6.60. The number of hydrogen-bond acceptors (Lipinski definition) is 4. The van der Waals surface area contributed by atoms with E-state index in [9.17, 15) is 9.59 Å². The van der Waals surface area contributed by atoms with Gasteiger partial charge in [0, 0.05) is 12.0 Å². The van der Waals surface area contributed by atoms with Crippen LogP contribution < -0.4 is 11.1 Å². The third-order valence-electron chi connectivity index (χ3n) is 3.72. The van der Waals surface area contributed by atoms with Crippen molar-refractivity contribution in [2.24, 2.45) is 5.73 Å². The van der Waals surface area contributed by atoms with Crippen molar-refractivity contribution in [3.63, 3.8) is 0 Å². The summed E-state index contributed by atoms with van der Waals surface area (Å²) in [6.07, 6.45) is 4.17. The zero-order valence-corrected chi connectivity index (χ0v) is 11.6. The number of benzene rings is 1. The van der Waals surface area contributed by atoms with E-state index in [1.54, 1.807) is 24.3 Å². The Hall–Kier alpha value is -1.88. The fourth-order valence-electron chi connectivity index (χ4n) is 2.65. The van der Waals surface area contributed by atoms with Gasteiger partial charge in [0.1, 0.15) is 0 Å². The highest BCUT2D eigenvalue weighted by atomic mass is 16.5. The second-order valence-electron chi connectivity index (χ2n) is 5.33. The maximum Gasteiger partial charge on any atom is 0.339 e. The van der Waals surface area contributed by atoms with Crippen LogP contribution in [0, 0.1) is 0 Å². The van der Waals surface area contributed by atoms with Gasteiger partial charge in [0.15, 0.2) is 0 Å². The highest BCUT2D eigenvalue weighted by Gasteiger charge is 2.31. The molecule has 5 nitrogen and oxygen atoms in total. The molecule has 3 N–H and O–H groups in total. The van der Waals surface area contributed by atoms with E-state index in [2.05, 4.69) is 5.32 Å². The van der Waals surface area contributed by atoms with Gasteiger partial charge in [0.25, 0.3) is 0 Å². The molecule has 1 aromatic rings. The van der Waals surface area contributed by atoms with Crippen molar-refractivity contribution >= 4 is 17.6 Å². The van der Waals surface area contributed by atoms with Crippen molar-refractivity contribution in [1.29, 1.82) is 0 Å². The lowest BCUT2D eigenvalue weighted by molar-refractivity contribution is -0.117. The molecule has 20 heavy (non-hydrogen) atoms. The largest absolute Gasteiger partial charge is 0.465 e. The van der Waals surface area contributed by atoms with Gasteiger partial charge in [-0.2, -0.15) is 0 Å². The summed E-state index contributed by atoms with van der Waals surface area (Å²) >= 11 is 0. The van der Waals surface area contributed by atoms with Crippen LogP contribution in [0.1, 0.15) is 42.5 Å². The first kappa shape index (κ1) is 14.5. The van der Waals surface area contributed by atoms with Gasteiger partial charge >= 0.3 is 5.97 Å². The van der Waals surface area contributed by atoms with Gasteiger partial charge in [-0.1, -0.05) is 25.0 Å². The number of amides is 1. The molecule has 1 aliphatic carbocycles. The molecule has 1 saturated carbocycles. The topological polar surface area (TPSA) is 81.4 Å². The van der Waals surface area contributed by atoms with Crippen LogP contribution in [0.3, 0.4) is 0 Å². The van der Waals surface area contributed by atoms with Gasteiger partial charge < -0.3 is 15.8 Å². The number of ether oxygens (including phenoxy) is 1. The number of rotatable bonds is 4. The molecular formula is C15H20N2O3. The van der Waals surface area contributed by atoms with E-state index < -0.39 is 11.5 Å². The van der Waals surface area contributed by atoms with Crippen molar-refractivity contribution in [3.05, 3.63) is 29.8 Å². The number of para-hydroxylation sites is 1. The average molecular weight is 276 g/mol. The minimum absolute atomic E-state index is 0.161. The molecule has 1 aromatic carbocycles. The average Bonchev–Trinajstić information content (AvgIpc) is 2.84. The van der Waals surface area contributed by atoms with Gasteiger partial charge in [-0.3, -0.25) is 4.79 Å². The van der Waals surface area contributed by atoms with Crippen LogP contribution in [0.5, 0.6) is 0 Å². The molecule has 1 aliphatic rings. The summed E-state index contributed by atoms with van der Waals surface area (Å²) in [5.74, 6) is -0.630. The lowest BCUT2D eigenvalue weighted by Gasteiger charge is -2.22. The molecule has 1 fully saturated rings. The lowest BCUT2D eigenvalue weighted by Crippen LogP contribution is -2.40. The van der Waals surface area contributed by atoms with Gasteiger partial charge in [-0.25, -0.2) is 4.79 Å². The number of hydrogen-bond donors (Lipinski definition) is 2. The van der Waals surface area contributed by atoms with Gasteiger partial charge in [-0.05, 0) is 25.0 Å². The zero-order valence-electron chi connectivity index (χ0n) is 11.6. The van der Waals surface area contributed by atoms with Crippen molar-refractivity contribution in [2.45, 2.75) is 37.6 Å². The fourth-order valence-corrected chi connectivity index (χ4v) is 2.65. The van der Waals surface area contributed by atoms with Crippen molar-refractivity contribution < 1.29 is 14.3 Å². The zero-order chi connectivity index (χ0) is 14.6. The van der Waals surface area contributed by atoms with Gasteiger partial charge in [0.05, 0.1) is 18.4 Å². The monoisotopic (exact) mass is 276 g/mol. The molecule has 0 aliphatic heterocycles. The maximum atomic E-state index is 12.1. The molecule has 5 heteroatoms. The highest BCUT2D eigenvalue weighted by molar-refractivity contribution is 6.01. The summed E-state index contributed by atoms with van der Waals surface area (Å²) in [4.78, 5) is 23.7. The number of anilines is 1. The molecule has 0 saturated heterocycles. The second-order valence-corrected chi connectivity index (χ2v) is 5.33. The molecule has 0 unspecified atom stereocenters. The van der Waals surface area contributed by atoms with Crippen LogP contribution >= 0.6 is 0 Å². The normalized spacial score (nSPS) is 16.7. The Balaban J connectivity index is 2.06. The summed E-state index contributed by atoms with van der Waals surface area (Å²) < 4.78 is 4.70. The molecule has 0 spiro atoms. The van der Waals surface area contributed by atoms with E-state index in [1.165, 1.54) is 7.11 Å². The van der Waals surface area contributed by atoms with Crippen molar-refractivity contribution in [2.75, 3.05) is 12.4 Å². The first-order chi connectivity index (χ1) is 9.54. The third kappa shape index (κ3) is 3.36. The number of carbonyl (C=O) groups excluding carboxylic acids is 2. The Kier molecular flexibility index (Phi) is 4.39.